The molecule has 0 radical (unpaired) electrons. The molecule has 0 unspecified atom stereocenters. The first-order valence-electron chi connectivity index (χ1n) is 3.77. The van der Waals surface area contributed by atoms with E-state index in [1.807, 2.05) is 0 Å². The van der Waals surface area contributed by atoms with Gasteiger partial charge >= 0.3 is 0 Å². The number of rotatable bonds is 1. The molecule has 0 spiro atoms. The van der Waals surface area contributed by atoms with Crippen molar-refractivity contribution in [3.05, 3.63) is 29.1 Å². The number of benzene rings is 1. The number of hydrogen-bond acceptors (Lipinski definition) is 2. The lowest BCUT2D eigenvalue weighted by Gasteiger charge is -2.09. The van der Waals surface area contributed by atoms with Crippen molar-refractivity contribution in [3.63, 3.8) is 0 Å². The van der Waals surface area contributed by atoms with Gasteiger partial charge in [-0.15, -0.1) is 12.4 Å². The van der Waals surface area contributed by atoms with Crippen molar-refractivity contribution < 1.29 is 9.50 Å². The van der Waals surface area contributed by atoms with Crippen molar-refractivity contribution in [3.8, 4) is 5.75 Å². The van der Waals surface area contributed by atoms with Crippen LogP contribution in [-0.2, 0) is 0 Å². The Bertz CT molecular complexity index is 302. The minimum Gasteiger partial charge on any atom is -0.505 e. The van der Waals surface area contributed by atoms with Gasteiger partial charge in [-0.2, -0.15) is 0 Å². The third-order valence-electron chi connectivity index (χ3n) is 1.73. The van der Waals surface area contributed by atoms with Crippen molar-refractivity contribution in [2.75, 3.05) is 0 Å². The second kappa shape index (κ2) is 4.44. The monoisotopic (exact) mass is 205 g/mol. The number of phenolic OH excluding ortho intramolecular Hbond substituents is 1. The van der Waals surface area contributed by atoms with Gasteiger partial charge in [-0.05, 0) is 25.5 Å². The van der Waals surface area contributed by atoms with Crippen LogP contribution >= 0.6 is 12.4 Å². The molecular weight excluding hydrogens is 193 g/mol. The predicted octanol–water partition coefficient (Wildman–Crippen LogP) is 2.28. The molecule has 2 nitrogen and oxygen atoms in total. The summed E-state index contributed by atoms with van der Waals surface area (Å²) in [4.78, 5) is 0. The van der Waals surface area contributed by atoms with Gasteiger partial charge in [0.05, 0.1) is 0 Å². The molecule has 1 aromatic carbocycles. The Balaban J connectivity index is 0.00000144. The number of halogens is 2. The number of phenols is 1. The van der Waals surface area contributed by atoms with E-state index in [1.54, 1.807) is 19.9 Å². The van der Waals surface area contributed by atoms with E-state index in [0.29, 0.717) is 5.56 Å². The molecule has 3 N–H and O–H groups in total. The van der Waals surface area contributed by atoms with Gasteiger partial charge in [0.15, 0.2) is 11.6 Å². The third kappa shape index (κ3) is 2.57. The van der Waals surface area contributed by atoms with Crippen molar-refractivity contribution in [2.45, 2.75) is 19.9 Å². The fourth-order valence-electron chi connectivity index (χ4n) is 1.11. The molecule has 0 aliphatic heterocycles. The van der Waals surface area contributed by atoms with Crippen LogP contribution in [0, 0.1) is 12.7 Å². The zero-order chi connectivity index (χ0) is 9.30. The second-order valence-corrected chi connectivity index (χ2v) is 2.97. The molecule has 0 aliphatic rings. The summed E-state index contributed by atoms with van der Waals surface area (Å²) >= 11 is 0. The lowest BCUT2D eigenvalue weighted by atomic mass is 10.0. The number of aromatic hydroxyl groups is 1. The average molecular weight is 206 g/mol. The number of aryl methyl sites for hydroxylation is 1. The molecule has 13 heavy (non-hydrogen) atoms. The molecule has 1 rings (SSSR count). The molecule has 1 aromatic rings. The SMILES string of the molecule is Cc1cc(F)c(O)c([C@H](C)N)c1.Cl. The zero-order valence-corrected chi connectivity index (χ0v) is 8.36. The zero-order valence-electron chi connectivity index (χ0n) is 7.54. The maximum absolute atomic E-state index is 12.9. The summed E-state index contributed by atoms with van der Waals surface area (Å²) in [5.41, 5.74) is 6.74. The van der Waals surface area contributed by atoms with Crippen LogP contribution in [0.5, 0.6) is 5.75 Å². The standard InChI is InChI=1S/C9H12FNO.ClH/c1-5-3-7(6(2)11)9(12)8(10)4-5;/h3-4,6,12H,11H2,1-2H3;1H/t6-;/m0./s1. The first-order valence-corrected chi connectivity index (χ1v) is 3.77. The third-order valence-corrected chi connectivity index (χ3v) is 1.73. The van der Waals surface area contributed by atoms with Crippen LogP contribution in [0.1, 0.15) is 24.1 Å². The van der Waals surface area contributed by atoms with Crippen LogP contribution in [0.2, 0.25) is 0 Å². The van der Waals surface area contributed by atoms with E-state index in [9.17, 15) is 9.50 Å². The van der Waals surface area contributed by atoms with E-state index in [4.69, 9.17) is 5.73 Å². The maximum atomic E-state index is 12.9. The van der Waals surface area contributed by atoms with Gasteiger partial charge in [-0.25, -0.2) is 4.39 Å². The molecule has 0 aromatic heterocycles. The molecular formula is C9H13ClFNO. The highest BCUT2D eigenvalue weighted by molar-refractivity contribution is 5.85. The van der Waals surface area contributed by atoms with E-state index in [-0.39, 0.29) is 24.2 Å². The van der Waals surface area contributed by atoms with Crippen LogP contribution in [0.4, 0.5) is 4.39 Å². The summed E-state index contributed by atoms with van der Waals surface area (Å²) in [6, 6.07) is 2.61. The quantitative estimate of drug-likeness (QED) is 0.739. The number of nitrogens with two attached hydrogens (primary N) is 1. The van der Waals surface area contributed by atoms with Gasteiger partial charge in [-0.1, -0.05) is 6.07 Å². The average Bonchev–Trinajstić information content (AvgIpc) is 1.96. The fourth-order valence-corrected chi connectivity index (χ4v) is 1.11. The van der Waals surface area contributed by atoms with E-state index >= 15 is 0 Å². The molecule has 0 fully saturated rings. The molecule has 0 bridgehead atoms. The Morgan fingerprint density at radius 1 is 1.46 bits per heavy atom. The highest BCUT2D eigenvalue weighted by Crippen LogP contribution is 2.26. The smallest absolute Gasteiger partial charge is 0.165 e. The highest BCUT2D eigenvalue weighted by Gasteiger charge is 2.10. The Morgan fingerprint density at radius 2 is 2.00 bits per heavy atom. The lowest BCUT2D eigenvalue weighted by molar-refractivity contribution is 0.422. The molecule has 4 heteroatoms. The Hall–Kier alpha value is -0.800. The van der Waals surface area contributed by atoms with E-state index < -0.39 is 5.82 Å². The van der Waals surface area contributed by atoms with E-state index in [0.717, 1.165) is 5.56 Å². The van der Waals surface area contributed by atoms with Crippen LogP contribution in [0.3, 0.4) is 0 Å². The molecule has 0 aliphatic carbocycles. The van der Waals surface area contributed by atoms with Crippen molar-refractivity contribution >= 4 is 12.4 Å². The summed E-state index contributed by atoms with van der Waals surface area (Å²) in [6.07, 6.45) is 0. The van der Waals surface area contributed by atoms with Gasteiger partial charge < -0.3 is 10.8 Å². The Kier molecular flexibility index (Phi) is 4.17. The van der Waals surface area contributed by atoms with Crippen LogP contribution < -0.4 is 5.73 Å². The summed E-state index contributed by atoms with van der Waals surface area (Å²) in [5.74, 6) is -0.946. The van der Waals surface area contributed by atoms with Gasteiger partial charge in [0.1, 0.15) is 0 Å². The summed E-state index contributed by atoms with van der Waals surface area (Å²) in [5, 5.41) is 9.24. The summed E-state index contributed by atoms with van der Waals surface area (Å²) < 4.78 is 12.9. The summed E-state index contributed by atoms with van der Waals surface area (Å²) in [7, 11) is 0. The van der Waals surface area contributed by atoms with Crippen molar-refractivity contribution in [1.82, 2.24) is 0 Å². The largest absolute Gasteiger partial charge is 0.505 e. The van der Waals surface area contributed by atoms with Crippen molar-refractivity contribution in [2.24, 2.45) is 5.73 Å². The molecule has 74 valence electrons. The van der Waals surface area contributed by atoms with Crippen molar-refractivity contribution in [1.29, 1.82) is 0 Å². The van der Waals surface area contributed by atoms with E-state index in [2.05, 4.69) is 0 Å². The van der Waals surface area contributed by atoms with Crippen LogP contribution in [-0.4, -0.2) is 5.11 Å². The van der Waals surface area contributed by atoms with E-state index in [1.165, 1.54) is 6.07 Å². The molecule has 0 saturated carbocycles. The highest BCUT2D eigenvalue weighted by atomic mass is 35.5. The molecule has 0 amide bonds. The normalized spacial score (nSPS) is 12.0. The van der Waals surface area contributed by atoms with Gasteiger partial charge in [0.2, 0.25) is 0 Å². The Labute approximate surface area is 83.0 Å². The topological polar surface area (TPSA) is 46.2 Å². The number of hydrogen-bond donors (Lipinski definition) is 2. The van der Waals surface area contributed by atoms with Gasteiger partial charge in [-0.3, -0.25) is 0 Å². The summed E-state index contributed by atoms with van der Waals surface area (Å²) in [6.45, 7) is 3.46. The molecule has 0 heterocycles. The maximum Gasteiger partial charge on any atom is 0.165 e. The Morgan fingerprint density at radius 3 is 2.46 bits per heavy atom. The van der Waals surface area contributed by atoms with Crippen LogP contribution in [0.25, 0.3) is 0 Å². The van der Waals surface area contributed by atoms with Crippen LogP contribution in [0.15, 0.2) is 12.1 Å². The van der Waals surface area contributed by atoms with Gasteiger partial charge in [0.25, 0.3) is 0 Å². The minimum absolute atomic E-state index is 0. The first-order chi connectivity index (χ1) is 5.52. The molecule has 0 saturated heterocycles. The minimum atomic E-state index is -0.609. The second-order valence-electron chi connectivity index (χ2n) is 2.97. The predicted molar refractivity (Wildman–Crippen MR) is 52.7 cm³/mol. The first kappa shape index (κ1) is 12.2. The molecule has 1 atom stereocenters. The lowest BCUT2D eigenvalue weighted by Crippen LogP contribution is -2.06. The van der Waals surface area contributed by atoms with Gasteiger partial charge in [0, 0.05) is 11.6 Å². The fraction of sp³-hybridized carbons (Fsp3) is 0.333.